The summed E-state index contributed by atoms with van der Waals surface area (Å²) in [5, 5.41) is 21.9. The molecule has 2 atom stereocenters. The van der Waals surface area contributed by atoms with Crippen molar-refractivity contribution in [1.82, 2.24) is 9.97 Å². The van der Waals surface area contributed by atoms with Gasteiger partial charge in [0.2, 0.25) is 5.91 Å². The van der Waals surface area contributed by atoms with Gasteiger partial charge in [0, 0.05) is 5.92 Å². The predicted octanol–water partition coefficient (Wildman–Crippen LogP) is 4.52. The van der Waals surface area contributed by atoms with E-state index < -0.39 is 0 Å². The Kier molecular flexibility index (Phi) is 6.26. The molecular weight excluding hydrogens is 390 g/mol. The molecule has 2 aliphatic carbocycles. The number of amides is 1. The lowest BCUT2D eigenvalue weighted by Crippen LogP contribution is -2.19. The molecule has 3 N–H and O–H groups in total. The molecule has 0 fully saturated rings. The van der Waals surface area contributed by atoms with Crippen molar-refractivity contribution >= 4 is 11.7 Å². The van der Waals surface area contributed by atoms with Crippen LogP contribution < -0.4 is 5.32 Å². The number of benzene rings is 1. The number of carbonyl (C=O) groups excluding carboxylic acids is 1. The number of aromatic nitrogens is 2. The zero-order chi connectivity index (χ0) is 21.6. The number of hydrogen-bond acceptors (Lipinski definition) is 5. The van der Waals surface area contributed by atoms with Gasteiger partial charge in [0.05, 0.1) is 24.0 Å². The normalized spacial score (nSPS) is 19.8. The summed E-state index contributed by atoms with van der Waals surface area (Å²) in [6, 6.07) is 6.58. The van der Waals surface area contributed by atoms with Crippen LogP contribution in [-0.4, -0.2) is 26.1 Å². The second kappa shape index (κ2) is 9.43. The minimum absolute atomic E-state index is 0.0469. The second-order valence-corrected chi connectivity index (χ2v) is 7.82. The van der Waals surface area contributed by atoms with Gasteiger partial charge in [-0.1, -0.05) is 42.5 Å². The Hall–Kier alpha value is -3.67. The van der Waals surface area contributed by atoms with Crippen molar-refractivity contribution in [2.45, 2.75) is 31.6 Å². The van der Waals surface area contributed by atoms with Crippen molar-refractivity contribution in [3.8, 4) is 5.75 Å². The van der Waals surface area contributed by atoms with Crippen molar-refractivity contribution in [1.29, 1.82) is 0 Å². The molecule has 158 valence electrons. The fourth-order valence-electron chi connectivity index (χ4n) is 3.70. The van der Waals surface area contributed by atoms with Crippen LogP contribution in [0.4, 0.5) is 5.82 Å². The van der Waals surface area contributed by atoms with Crippen molar-refractivity contribution in [2.75, 3.05) is 5.32 Å². The molecule has 2 aliphatic rings. The SMILES string of the molecule is O=C(Cc1ccc(O)cc1)Nc1ncc(C2C=CC(O)=CC2)nc1CC1C=CC=CC1. The Bertz CT molecular complexity index is 1070. The van der Waals surface area contributed by atoms with Crippen LogP contribution in [0.3, 0.4) is 0 Å². The first-order valence-corrected chi connectivity index (χ1v) is 10.4. The molecular formula is C25H25N3O3. The molecule has 2 unspecified atom stereocenters. The Morgan fingerprint density at radius 2 is 1.94 bits per heavy atom. The number of hydrogen-bond donors (Lipinski definition) is 3. The van der Waals surface area contributed by atoms with Crippen LogP contribution in [0.15, 0.2) is 78.8 Å². The van der Waals surface area contributed by atoms with Crippen LogP contribution in [0, 0.1) is 5.92 Å². The number of carbonyl (C=O) groups is 1. The van der Waals surface area contributed by atoms with E-state index in [1.54, 1.807) is 42.6 Å². The molecule has 1 aromatic carbocycles. The van der Waals surface area contributed by atoms with E-state index in [9.17, 15) is 15.0 Å². The number of aliphatic hydroxyl groups is 1. The first kappa shape index (κ1) is 20.6. The summed E-state index contributed by atoms with van der Waals surface area (Å²) in [5.41, 5.74) is 2.39. The predicted molar refractivity (Wildman–Crippen MR) is 120 cm³/mol. The molecule has 4 rings (SSSR count). The maximum absolute atomic E-state index is 12.6. The van der Waals surface area contributed by atoms with E-state index in [0.717, 1.165) is 23.4 Å². The first-order chi connectivity index (χ1) is 15.1. The summed E-state index contributed by atoms with van der Waals surface area (Å²) < 4.78 is 0. The Balaban J connectivity index is 1.53. The fraction of sp³-hybridized carbons (Fsp3) is 0.240. The number of anilines is 1. The third-order valence-corrected chi connectivity index (χ3v) is 5.41. The van der Waals surface area contributed by atoms with Gasteiger partial charge in [-0.15, -0.1) is 0 Å². The topological polar surface area (TPSA) is 95.3 Å². The highest BCUT2D eigenvalue weighted by molar-refractivity contribution is 5.91. The molecule has 31 heavy (non-hydrogen) atoms. The molecule has 6 nitrogen and oxygen atoms in total. The molecule has 0 aliphatic heterocycles. The highest BCUT2D eigenvalue weighted by Crippen LogP contribution is 2.27. The molecule has 1 aromatic heterocycles. The number of allylic oxidation sites excluding steroid dienone is 7. The lowest BCUT2D eigenvalue weighted by Gasteiger charge is -2.19. The van der Waals surface area contributed by atoms with Crippen LogP contribution in [0.1, 0.15) is 35.7 Å². The number of nitrogens with one attached hydrogen (secondary N) is 1. The largest absolute Gasteiger partial charge is 0.508 e. The van der Waals surface area contributed by atoms with E-state index in [1.165, 1.54) is 0 Å². The zero-order valence-corrected chi connectivity index (χ0v) is 17.1. The minimum atomic E-state index is -0.182. The van der Waals surface area contributed by atoms with Crippen molar-refractivity contribution in [3.63, 3.8) is 0 Å². The molecule has 0 saturated carbocycles. The third-order valence-electron chi connectivity index (χ3n) is 5.41. The lowest BCUT2D eigenvalue weighted by molar-refractivity contribution is -0.115. The molecule has 1 amide bonds. The first-order valence-electron chi connectivity index (χ1n) is 10.4. The number of rotatable bonds is 6. The minimum Gasteiger partial charge on any atom is -0.508 e. The standard InChI is InChI=1S/C25H25N3O3/c29-20-10-6-18(7-11-20)15-24(31)28-25-22(14-17-4-2-1-3-5-17)27-23(16-26-25)19-8-12-21(30)13-9-19/h1-4,6-8,10-13,16-17,19,29-30H,5,9,14-15H2,(H,26,28,31). The van der Waals surface area contributed by atoms with Gasteiger partial charge in [0.25, 0.3) is 0 Å². The maximum atomic E-state index is 12.6. The Morgan fingerprint density at radius 3 is 2.65 bits per heavy atom. The summed E-state index contributed by atoms with van der Waals surface area (Å²) in [6.07, 6.45) is 17.9. The van der Waals surface area contributed by atoms with E-state index in [4.69, 9.17) is 4.98 Å². The average molecular weight is 415 g/mol. The Labute approximate surface area is 181 Å². The van der Waals surface area contributed by atoms with Gasteiger partial charge in [-0.05, 0) is 55.0 Å². The van der Waals surface area contributed by atoms with Gasteiger partial charge in [-0.3, -0.25) is 9.78 Å². The van der Waals surface area contributed by atoms with Gasteiger partial charge >= 0.3 is 0 Å². The number of nitrogens with zero attached hydrogens (tertiary/aromatic N) is 2. The van der Waals surface area contributed by atoms with Gasteiger partial charge in [0.1, 0.15) is 11.5 Å². The van der Waals surface area contributed by atoms with E-state index >= 15 is 0 Å². The highest BCUT2D eigenvalue weighted by Gasteiger charge is 2.19. The van der Waals surface area contributed by atoms with Crippen LogP contribution in [0.2, 0.25) is 0 Å². The number of phenols is 1. The molecule has 2 aromatic rings. The third kappa shape index (κ3) is 5.48. The Morgan fingerprint density at radius 1 is 1.10 bits per heavy atom. The molecule has 1 heterocycles. The van der Waals surface area contributed by atoms with Gasteiger partial charge in [-0.2, -0.15) is 0 Å². The quantitative estimate of drug-likeness (QED) is 0.645. The second-order valence-electron chi connectivity index (χ2n) is 7.82. The van der Waals surface area contributed by atoms with E-state index in [1.807, 2.05) is 18.2 Å². The molecule has 0 spiro atoms. The highest BCUT2D eigenvalue weighted by atomic mass is 16.3. The summed E-state index contributed by atoms with van der Waals surface area (Å²) >= 11 is 0. The maximum Gasteiger partial charge on any atom is 0.229 e. The smallest absolute Gasteiger partial charge is 0.229 e. The average Bonchev–Trinajstić information content (AvgIpc) is 2.78. The molecule has 0 radical (unpaired) electrons. The summed E-state index contributed by atoms with van der Waals surface area (Å²) in [5.74, 6) is 1.08. The van der Waals surface area contributed by atoms with E-state index in [2.05, 4.69) is 22.5 Å². The monoisotopic (exact) mass is 415 g/mol. The molecule has 6 heteroatoms. The number of phenolic OH excluding ortho intramolecular Hbond substituents is 1. The van der Waals surface area contributed by atoms with Crippen LogP contribution in [0.5, 0.6) is 5.75 Å². The number of aromatic hydroxyl groups is 1. The number of aliphatic hydroxyl groups excluding tert-OH is 1. The van der Waals surface area contributed by atoms with Crippen molar-refractivity contribution in [3.05, 3.63) is 95.7 Å². The fourth-order valence-corrected chi connectivity index (χ4v) is 3.70. The lowest BCUT2D eigenvalue weighted by atomic mass is 9.94. The molecule has 0 saturated heterocycles. The van der Waals surface area contributed by atoms with Crippen LogP contribution in [0.25, 0.3) is 0 Å². The zero-order valence-electron chi connectivity index (χ0n) is 17.1. The van der Waals surface area contributed by atoms with Crippen LogP contribution in [-0.2, 0) is 17.6 Å². The molecule has 0 bridgehead atoms. The van der Waals surface area contributed by atoms with E-state index in [-0.39, 0.29) is 29.8 Å². The summed E-state index contributed by atoms with van der Waals surface area (Å²) in [4.78, 5) is 22.0. The summed E-state index contributed by atoms with van der Waals surface area (Å²) in [7, 11) is 0. The van der Waals surface area contributed by atoms with Crippen molar-refractivity contribution in [2.24, 2.45) is 5.92 Å². The van der Waals surface area contributed by atoms with Gasteiger partial charge in [0.15, 0.2) is 5.82 Å². The van der Waals surface area contributed by atoms with Gasteiger partial charge < -0.3 is 15.5 Å². The van der Waals surface area contributed by atoms with Crippen molar-refractivity contribution < 1.29 is 15.0 Å². The summed E-state index contributed by atoms with van der Waals surface area (Å²) in [6.45, 7) is 0. The van der Waals surface area contributed by atoms with Gasteiger partial charge in [-0.25, -0.2) is 4.98 Å². The van der Waals surface area contributed by atoms with Crippen LogP contribution >= 0.6 is 0 Å². The van der Waals surface area contributed by atoms with E-state index in [0.29, 0.717) is 24.6 Å².